The normalized spacial score (nSPS) is 15.5. The van der Waals surface area contributed by atoms with Gasteiger partial charge in [0, 0.05) is 31.0 Å². The van der Waals surface area contributed by atoms with Gasteiger partial charge in [-0.2, -0.15) is 0 Å². The molecule has 21 heavy (non-hydrogen) atoms. The number of hydrogen-bond donors (Lipinski definition) is 0. The summed E-state index contributed by atoms with van der Waals surface area (Å²) in [5.41, 5.74) is 2.88. The fourth-order valence-corrected chi connectivity index (χ4v) is 2.54. The number of aromatic nitrogens is 4. The van der Waals surface area contributed by atoms with Crippen molar-refractivity contribution in [2.45, 2.75) is 0 Å². The van der Waals surface area contributed by atoms with Crippen LogP contribution in [0.1, 0.15) is 0 Å². The largest absolute Gasteiger partial charge is 0.378 e. The molecule has 0 N–H and O–H groups in total. The predicted octanol–water partition coefficient (Wildman–Crippen LogP) is 1.63. The van der Waals surface area contributed by atoms with Crippen molar-refractivity contribution in [1.82, 2.24) is 19.6 Å². The number of hydrogen-bond acceptors (Lipinski definition) is 5. The van der Waals surface area contributed by atoms with Gasteiger partial charge in [0.05, 0.1) is 25.1 Å². The zero-order chi connectivity index (χ0) is 14.1. The van der Waals surface area contributed by atoms with Gasteiger partial charge in [-0.3, -0.25) is 4.98 Å². The molecule has 0 unspecified atom stereocenters. The van der Waals surface area contributed by atoms with E-state index in [1.54, 1.807) is 12.4 Å². The van der Waals surface area contributed by atoms with Gasteiger partial charge in [-0.1, -0.05) is 0 Å². The quantitative estimate of drug-likeness (QED) is 0.714. The fraction of sp³-hybridized carbons (Fsp3) is 0.267. The molecule has 4 rings (SSSR count). The summed E-state index contributed by atoms with van der Waals surface area (Å²) >= 11 is 0. The molecule has 1 aliphatic rings. The molecule has 1 fully saturated rings. The number of anilines is 1. The van der Waals surface area contributed by atoms with Crippen LogP contribution in [0, 0.1) is 0 Å². The zero-order valence-electron chi connectivity index (χ0n) is 11.5. The molecule has 6 heteroatoms. The first-order chi connectivity index (χ1) is 10.4. The van der Waals surface area contributed by atoms with Gasteiger partial charge in [0.1, 0.15) is 5.82 Å². The summed E-state index contributed by atoms with van der Waals surface area (Å²) in [6, 6.07) is 7.95. The molecule has 0 saturated carbocycles. The van der Waals surface area contributed by atoms with Crippen molar-refractivity contribution < 1.29 is 4.74 Å². The van der Waals surface area contributed by atoms with Crippen molar-refractivity contribution in [2.24, 2.45) is 0 Å². The molecule has 0 spiro atoms. The highest BCUT2D eigenvalue weighted by Crippen LogP contribution is 2.21. The van der Waals surface area contributed by atoms with Crippen LogP contribution in [0.15, 0.2) is 42.9 Å². The van der Waals surface area contributed by atoms with Crippen LogP contribution in [0.4, 0.5) is 5.82 Å². The van der Waals surface area contributed by atoms with Crippen LogP contribution >= 0.6 is 0 Å². The molecule has 0 radical (unpaired) electrons. The van der Waals surface area contributed by atoms with Gasteiger partial charge >= 0.3 is 0 Å². The molecule has 3 aromatic heterocycles. The van der Waals surface area contributed by atoms with Gasteiger partial charge in [0.15, 0.2) is 5.65 Å². The Morgan fingerprint density at radius 3 is 2.62 bits per heavy atom. The molecule has 0 atom stereocenters. The average Bonchev–Trinajstić information content (AvgIpc) is 2.99. The van der Waals surface area contributed by atoms with Crippen LogP contribution < -0.4 is 4.90 Å². The second kappa shape index (κ2) is 5.14. The number of nitrogens with zero attached hydrogens (tertiary/aromatic N) is 5. The summed E-state index contributed by atoms with van der Waals surface area (Å²) < 4.78 is 7.28. The van der Waals surface area contributed by atoms with Gasteiger partial charge in [-0.15, -0.1) is 5.10 Å². The summed E-state index contributed by atoms with van der Waals surface area (Å²) in [6.45, 7) is 3.25. The molecule has 0 aliphatic carbocycles. The Kier molecular flexibility index (Phi) is 3.01. The number of pyridine rings is 1. The smallest absolute Gasteiger partial charge is 0.154 e. The third kappa shape index (κ3) is 2.23. The minimum Gasteiger partial charge on any atom is -0.378 e. The highest BCUT2D eigenvalue weighted by molar-refractivity contribution is 5.63. The zero-order valence-corrected chi connectivity index (χ0v) is 11.5. The monoisotopic (exact) mass is 281 g/mol. The van der Waals surface area contributed by atoms with Crippen molar-refractivity contribution >= 4 is 11.5 Å². The van der Waals surface area contributed by atoms with E-state index in [0.717, 1.165) is 49.0 Å². The lowest BCUT2D eigenvalue weighted by molar-refractivity contribution is 0.122. The van der Waals surface area contributed by atoms with Gasteiger partial charge in [-0.05, 0) is 24.3 Å². The van der Waals surface area contributed by atoms with E-state index in [1.165, 1.54) is 0 Å². The van der Waals surface area contributed by atoms with E-state index in [2.05, 4.69) is 14.9 Å². The molecule has 6 nitrogen and oxygen atoms in total. The summed E-state index contributed by atoms with van der Waals surface area (Å²) in [7, 11) is 0. The molecule has 106 valence electrons. The third-order valence-corrected chi connectivity index (χ3v) is 3.66. The van der Waals surface area contributed by atoms with Crippen molar-refractivity contribution in [3.05, 3.63) is 42.9 Å². The molecule has 1 aliphatic heterocycles. The number of fused-ring (bicyclic) bond motifs is 1. The maximum Gasteiger partial charge on any atom is 0.154 e. The Hall–Kier alpha value is -2.47. The van der Waals surface area contributed by atoms with Crippen molar-refractivity contribution in [3.63, 3.8) is 0 Å². The molecular weight excluding hydrogens is 266 g/mol. The van der Waals surface area contributed by atoms with Crippen molar-refractivity contribution in [3.8, 4) is 11.3 Å². The first kappa shape index (κ1) is 12.3. The van der Waals surface area contributed by atoms with Crippen molar-refractivity contribution in [2.75, 3.05) is 31.2 Å². The Labute approximate surface area is 122 Å². The molecule has 0 amide bonds. The lowest BCUT2D eigenvalue weighted by Gasteiger charge is -2.27. The Morgan fingerprint density at radius 1 is 1.00 bits per heavy atom. The molecule has 3 aromatic rings. The SMILES string of the molecule is c1cc(-c2cnc3ccc(N4CCOCC4)nn23)ccn1. The lowest BCUT2D eigenvalue weighted by atomic mass is 10.2. The van der Waals surface area contributed by atoms with Crippen LogP contribution in [0.5, 0.6) is 0 Å². The highest BCUT2D eigenvalue weighted by Gasteiger charge is 2.14. The second-order valence-electron chi connectivity index (χ2n) is 4.94. The van der Waals surface area contributed by atoms with Crippen LogP contribution in [0.25, 0.3) is 16.9 Å². The van der Waals surface area contributed by atoms with Gasteiger partial charge in [0.2, 0.25) is 0 Å². The molecule has 0 bridgehead atoms. The van der Waals surface area contributed by atoms with Crippen LogP contribution in [-0.2, 0) is 4.74 Å². The van der Waals surface area contributed by atoms with E-state index < -0.39 is 0 Å². The van der Waals surface area contributed by atoms with E-state index in [1.807, 2.05) is 35.0 Å². The highest BCUT2D eigenvalue weighted by atomic mass is 16.5. The lowest BCUT2D eigenvalue weighted by Crippen LogP contribution is -2.37. The number of morpholine rings is 1. The maximum atomic E-state index is 5.39. The summed E-state index contributed by atoms with van der Waals surface area (Å²) in [5.74, 6) is 0.958. The number of imidazole rings is 1. The number of rotatable bonds is 2. The maximum absolute atomic E-state index is 5.39. The summed E-state index contributed by atoms with van der Waals surface area (Å²) in [6.07, 6.45) is 5.40. The first-order valence-electron chi connectivity index (χ1n) is 7.00. The van der Waals surface area contributed by atoms with Gasteiger partial charge in [0.25, 0.3) is 0 Å². The molecular formula is C15H15N5O. The summed E-state index contributed by atoms with van der Waals surface area (Å²) in [4.78, 5) is 10.7. The first-order valence-corrected chi connectivity index (χ1v) is 7.00. The topological polar surface area (TPSA) is 55.5 Å². The standard InChI is InChI=1S/C15H15N5O/c1-2-15(19-7-9-21-10-8-19)18-20-13(11-17-14(1)20)12-3-5-16-6-4-12/h1-6,11H,7-10H2. The Morgan fingerprint density at radius 2 is 1.81 bits per heavy atom. The van der Waals surface area contributed by atoms with E-state index in [-0.39, 0.29) is 0 Å². The predicted molar refractivity (Wildman–Crippen MR) is 79.3 cm³/mol. The second-order valence-corrected chi connectivity index (χ2v) is 4.94. The molecule has 0 aromatic carbocycles. The van der Waals surface area contributed by atoms with Crippen LogP contribution in [0.3, 0.4) is 0 Å². The minimum atomic E-state index is 0.751. The Balaban J connectivity index is 1.79. The van der Waals surface area contributed by atoms with E-state index in [9.17, 15) is 0 Å². The van der Waals surface area contributed by atoms with E-state index in [0.29, 0.717) is 0 Å². The minimum absolute atomic E-state index is 0.751. The molecule has 4 heterocycles. The summed E-state index contributed by atoms with van der Waals surface area (Å²) in [5, 5.41) is 4.74. The van der Waals surface area contributed by atoms with Gasteiger partial charge < -0.3 is 9.64 Å². The van der Waals surface area contributed by atoms with E-state index in [4.69, 9.17) is 9.84 Å². The Bertz CT molecular complexity index is 749. The van der Waals surface area contributed by atoms with Crippen LogP contribution in [0.2, 0.25) is 0 Å². The molecule has 1 saturated heterocycles. The third-order valence-electron chi connectivity index (χ3n) is 3.66. The fourth-order valence-electron chi connectivity index (χ4n) is 2.54. The van der Waals surface area contributed by atoms with Crippen LogP contribution in [-0.4, -0.2) is 45.9 Å². The van der Waals surface area contributed by atoms with E-state index >= 15 is 0 Å². The average molecular weight is 281 g/mol. The van der Waals surface area contributed by atoms with Crippen molar-refractivity contribution in [1.29, 1.82) is 0 Å². The number of ether oxygens (including phenoxy) is 1. The van der Waals surface area contributed by atoms with Gasteiger partial charge in [-0.25, -0.2) is 9.50 Å².